The van der Waals surface area contributed by atoms with Crippen LogP contribution in [-0.4, -0.2) is 70.9 Å². The molecule has 1 aliphatic carbocycles. The van der Waals surface area contributed by atoms with Gasteiger partial charge in [-0.05, 0) is 74.4 Å². The van der Waals surface area contributed by atoms with Crippen molar-refractivity contribution in [3.05, 3.63) is 94.4 Å². The van der Waals surface area contributed by atoms with E-state index in [1.54, 1.807) is 12.3 Å². The minimum atomic E-state index is -1.41. The Balaban J connectivity index is 1.21. The number of hydrogen-bond donors (Lipinski definition) is 2. The van der Waals surface area contributed by atoms with Gasteiger partial charge in [0.1, 0.15) is 16.9 Å². The van der Waals surface area contributed by atoms with Gasteiger partial charge < -0.3 is 15.4 Å². The summed E-state index contributed by atoms with van der Waals surface area (Å²) in [6.07, 6.45) is 11.1. The van der Waals surface area contributed by atoms with Gasteiger partial charge in [-0.25, -0.2) is 4.98 Å². The van der Waals surface area contributed by atoms with E-state index in [0.29, 0.717) is 41.8 Å². The predicted molar refractivity (Wildman–Crippen MR) is 167 cm³/mol. The van der Waals surface area contributed by atoms with Crippen molar-refractivity contribution in [1.82, 2.24) is 20.2 Å². The zero-order valence-electron chi connectivity index (χ0n) is 24.9. The number of aromatic nitrogens is 2. The molecule has 1 saturated heterocycles. The number of piperidine rings is 1. The Labute approximate surface area is 257 Å². The van der Waals surface area contributed by atoms with Gasteiger partial charge in [0, 0.05) is 54.7 Å². The van der Waals surface area contributed by atoms with Crippen LogP contribution in [0.15, 0.2) is 60.9 Å². The molecule has 3 aliphatic heterocycles. The van der Waals surface area contributed by atoms with Gasteiger partial charge in [0.2, 0.25) is 5.91 Å². The van der Waals surface area contributed by atoms with Crippen molar-refractivity contribution >= 4 is 29.5 Å². The van der Waals surface area contributed by atoms with E-state index in [1.165, 1.54) is 11.8 Å². The summed E-state index contributed by atoms with van der Waals surface area (Å²) >= 11 is 0. The maximum atomic E-state index is 13.8. The molecule has 9 heteroatoms. The molecule has 0 saturated carbocycles. The number of rotatable bonds is 1. The molecule has 44 heavy (non-hydrogen) atoms. The first-order valence-corrected chi connectivity index (χ1v) is 15.6. The molecule has 9 nitrogen and oxygen atoms in total. The molecule has 0 radical (unpaired) electrons. The van der Waals surface area contributed by atoms with Gasteiger partial charge in [-0.1, -0.05) is 42.5 Å². The molecule has 226 valence electrons. The second-order valence-electron chi connectivity index (χ2n) is 12.5. The van der Waals surface area contributed by atoms with E-state index in [-0.39, 0.29) is 35.8 Å². The van der Waals surface area contributed by atoms with Gasteiger partial charge in [-0.15, -0.1) is 0 Å². The maximum Gasteiger partial charge on any atom is 0.270 e. The fourth-order valence-electron chi connectivity index (χ4n) is 7.39. The van der Waals surface area contributed by atoms with Crippen LogP contribution in [0, 0.1) is 0 Å². The van der Waals surface area contributed by atoms with E-state index in [2.05, 4.69) is 56.7 Å². The number of Topliss-reactive ketones (excluding diaryl/α,β-unsaturated/α-hetero) is 1. The Morgan fingerprint density at radius 3 is 2.75 bits per heavy atom. The van der Waals surface area contributed by atoms with Crippen LogP contribution < -0.4 is 10.6 Å². The van der Waals surface area contributed by atoms with Crippen LogP contribution in [0.2, 0.25) is 0 Å². The van der Waals surface area contributed by atoms with Crippen molar-refractivity contribution in [2.45, 2.75) is 62.4 Å². The van der Waals surface area contributed by atoms with Gasteiger partial charge in [0.15, 0.2) is 5.78 Å². The molecule has 1 fully saturated rings. The molecule has 7 bridgehead atoms. The van der Waals surface area contributed by atoms with Gasteiger partial charge in [-0.2, -0.15) is 0 Å². The number of benzene rings is 1. The lowest BCUT2D eigenvalue weighted by Crippen LogP contribution is -2.54. The van der Waals surface area contributed by atoms with Crippen molar-refractivity contribution < 1.29 is 19.1 Å². The summed E-state index contributed by atoms with van der Waals surface area (Å²) in [6.45, 7) is 5.15. The summed E-state index contributed by atoms with van der Waals surface area (Å²) in [5.41, 5.74) is 2.49. The van der Waals surface area contributed by atoms with Crippen molar-refractivity contribution in [2.75, 3.05) is 31.6 Å². The first-order chi connectivity index (χ1) is 21.4. The summed E-state index contributed by atoms with van der Waals surface area (Å²) in [4.78, 5) is 52.2. The fraction of sp³-hybridized carbons (Fsp3) is 0.400. The molecule has 7 rings (SSSR count). The van der Waals surface area contributed by atoms with Gasteiger partial charge in [0.05, 0.1) is 6.61 Å². The Morgan fingerprint density at radius 1 is 1.02 bits per heavy atom. The van der Waals surface area contributed by atoms with Gasteiger partial charge in [0.25, 0.3) is 5.91 Å². The van der Waals surface area contributed by atoms with E-state index in [9.17, 15) is 14.4 Å². The summed E-state index contributed by atoms with van der Waals surface area (Å²) < 4.78 is 5.86. The number of ether oxygens (including phenoxy) is 1. The standard InChI is InChI=1S/C35H37N5O4/c1-22-27(24-10-4-2-5-11-24)17-26-21-40(22)12-6-3-7-13-44-14-8-9-23-15-29-32(37-19-23)39-34(43)35(29)18-25-16-30(33(42)38-26)36-20-28(25)31(35)41/h2,4-5,8-11,15-16,19-20,22,26-27H,3,6-7,12-14,17-18,21H2,1H3,(H,38,42)(H,37,39,43)/b9-8-/t22?,26?,27?,35-/m0/s1. The van der Waals surface area contributed by atoms with Crippen molar-refractivity contribution in [3.8, 4) is 0 Å². The van der Waals surface area contributed by atoms with Crippen LogP contribution in [0.1, 0.15) is 81.6 Å². The van der Waals surface area contributed by atoms with Gasteiger partial charge in [-0.3, -0.25) is 24.3 Å². The van der Waals surface area contributed by atoms with E-state index in [1.807, 2.05) is 24.3 Å². The number of nitrogens with zero attached hydrogens (tertiary/aromatic N) is 3. The quantitative estimate of drug-likeness (QED) is 0.406. The average molecular weight is 592 g/mol. The number of amides is 2. The van der Waals surface area contributed by atoms with E-state index in [4.69, 9.17) is 4.74 Å². The number of carbonyl (C=O) groups is 3. The minimum Gasteiger partial charge on any atom is -0.377 e. The predicted octanol–water partition coefficient (Wildman–Crippen LogP) is 4.30. The Kier molecular flexibility index (Phi) is 7.60. The molecule has 3 aromatic rings. The molecule has 4 unspecified atom stereocenters. The average Bonchev–Trinajstić information content (AvgIpc) is 3.49. The zero-order chi connectivity index (χ0) is 30.3. The minimum absolute atomic E-state index is 0.0584. The maximum absolute atomic E-state index is 13.8. The third-order valence-corrected chi connectivity index (χ3v) is 9.77. The second-order valence-corrected chi connectivity index (χ2v) is 12.5. The first-order valence-electron chi connectivity index (χ1n) is 15.6. The molecule has 5 atom stereocenters. The lowest BCUT2D eigenvalue weighted by molar-refractivity contribution is -0.119. The third-order valence-electron chi connectivity index (χ3n) is 9.77. The van der Waals surface area contributed by atoms with E-state index >= 15 is 0 Å². The van der Waals surface area contributed by atoms with Crippen molar-refractivity contribution in [3.63, 3.8) is 0 Å². The number of anilines is 1. The van der Waals surface area contributed by atoms with E-state index in [0.717, 1.165) is 44.3 Å². The molecule has 2 aromatic heterocycles. The van der Waals surface area contributed by atoms with Gasteiger partial charge >= 0.3 is 0 Å². The van der Waals surface area contributed by atoms with Crippen LogP contribution in [0.25, 0.3) is 6.08 Å². The van der Waals surface area contributed by atoms with Crippen LogP contribution >= 0.6 is 0 Å². The number of carbonyl (C=O) groups excluding carboxylic acids is 3. The highest BCUT2D eigenvalue weighted by atomic mass is 16.5. The molecule has 5 heterocycles. The second kappa shape index (κ2) is 11.7. The number of hydrogen-bond acceptors (Lipinski definition) is 7. The highest BCUT2D eigenvalue weighted by Crippen LogP contribution is 2.47. The number of ketones is 1. The Bertz CT molecular complexity index is 1640. The monoisotopic (exact) mass is 591 g/mol. The van der Waals surface area contributed by atoms with Crippen molar-refractivity contribution in [2.24, 2.45) is 0 Å². The highest BCUT2D eigenvalue weighted by Gasteiger charge is 2.58. The third kappa shape index (κ3) is 5.04. The molecule has 4 aliphatic rings. The molecular formula is C35H37N5O4. The Morgan fingerprint density at radius 2 is 1.89 bits per heavy atom. The SMILES string of the molecule is CC1C(c2ccccc2)CC2CN1CCCCCOC/C=C\c1cnc3c(c1)[C@]1(Cc4cc(ncc4C1=O)C(=O)N2)C(=O)N3. The zero-order valence-corrected chi connectivity index (χ0v) is 24.9. The van der Waals surface area contributed by atoms with Crippen molar-refractivity contribution in [1.29, 1.82) is 0 Å². The summed E-state index contributed by atoms with van der Waals surface area (Å²) in [5.74, 6) is -0.294. The van der Waals surface area contributed by atoms with Crippen LogP contribution in [0.4, 0.5) is 5.82 Å². The van der Waals surface area contributed by atoms with Crippen LogP contribution in [0.5, 0.6) is 0 Å². The summed E-state index contributed by atoms with van der Waals surface area (Å²) in [5, 5.41) is 6.07. The molecule has 2 N–H and O–H groups in total. The molecule has 1 spiro atoms. The molecule has 2 amide bonds. The van der Waals surface area contributed by atoms with E-state index < -0.39 is 11.3 Å². The first kappa shape index (κ1) is 28.6. The lowest BCUT2D eigenvalue weighted by Gasteiger charge is -2.44. The Hall–Kier alpha value is -4.21. The largest absolute Gasteiger partial charge is 0.377 e. The smallest absolute Gasteiger partial charge is 0.270 e. The number of pyridine rings is 2. The number of fused-ring (bicyclic) bond motifs is 4. The molecule has 1 aromatic carbocycles. The van der Waals surface area contributed by atoms with Crippen LogP contribution in [-0.2, 0) is 21.4 Å². The topological polar surface area (TPSA) is 114 Å². The fourth-order valence-corrected chi connectivity index (χ4v) is 7.39. The summed E-state index contributed by atoms with van der Waals surface area (Å²) in [7, 11) is 0. The number of nitrogens with one attached hydrogen (secondary N) is 2. The lowest BCUT2D eigenvalue weighted by atomic mass is 9.78. The molecular weight excluding hydrogens is 554 g/mol. The normalized spacial score (nSPS) is 29.3. The summed E-state index contributed by atoms with van der Waals surface area (Å²) in [6, 6.07) is 14.4. The highest BCUT2D eigenvalue weighted by molar-refractivity contribution is 6.28. The van der Waals surface area contributed by atoms with Crippen LogP contribution in [0.3, 0.4) is 0 Å².